The lowest BCUT2D eigenvalue weighted by atomic mass is 10.1. The average molecular weight is 537 g/mol. The van der Waals surface area contributed by atoms with Crippen LogP contribution in [0.3, 0.4) is 0 Å². The van der Waals surface area contributed by atoms with Crippen molar-refractivity contribution in [1.82, 2.24) is 9.80 Å². The molecule has 39 heavy (non-hydrogen) atoms. The van der Waals surface area contributed by atoms with E-state index < -0.39 is 11.9 Å². The molecule has 0 aliphatic carbocycles. The van der Waals surface area contributed by atoms with Gasteiger partial charge in [0.2, 0.25) is 0 Å². The molecule has 206 valence electrons. The zero-order chi connectivity index (χ0) is 28.2. The number of amides is 1. The fourth-order valence-corrected chi connectivity index (χ4v) is 4.03. The summed E-state index contributed by atoms with van der Waals surface area (Å²) in [6.07, 6.45) is 0. The first kappa shape index (κ1) is 29.0. The predicted octanol–water partition coefficient (Wildman–Crippen LogP) is 3.40. The van der Waals surface area contributed by atoms with Crippen molar-refractivity contribution in [2.75, 3.05) is 40.4 Å². The van der Waals surface area contributed by atoms with Crippen LogP contribution in [-0.2, 0) is 22.7 Å². The largest absolute Gasteiger partial charge is 0.496 e. The summed E-state index contributed by atoms with van der Waals surface area (Å²) in [5, 5.41) is 14.8. The average Bonchev–Trinajstić information content (AvgIpc) is 2.97. The second kappa shape index (κ2) is 14.4. The molecule has 0 spiro atoms. The molecule has 1 fully saturated rings. The Balaban J connectivity index is 0.000000631. The van der Waals surface area contributed by atoms with E-state index in [-0.39, 0.29) is 5.91 Å². The van der Waals surface area contributed by atoms with Crippen LogP contribution in [0.4, 0.5) is 0 Å². The first-order chi connectivity index (χ1) is 18.8. The Morgan fingerprint density at radius 3 is 1.95 bits per heavy atom. The summed E-state index contributed by atoms with van der Waals surface area (Å²) in [5.74, 6) is -1.55. The van der Waals surface area contributed by atoms with Crippen LogP contribution in [0.15, 0.2) is 72.8 Å². The first-order valence-corrected chi connectivity index (χ1v) is 12.3. The van der Waals surface area contributed by atoms with Crippen LogP contribution in [0.5, 0.6) is 17.2 Å². The second-order valence-corrected chi connectivity index (χ2v) is 8.64. The van der Waals surface area contributed by atoms with Gasteiger partial charge in [0.25, 0.3) is 5.91 Å². The van der Waals surface area contributed by atoms with Gasteiger partial charge in [0.1, 0.15) is 12.4 Å². The van der Waals surface area contributed by atoms with Gasteiger partial charge in [-0.05, 0) is 35.4 Å². The van der Waals surface area contributed by atoms with Crippen LogP contribution in [-0.4, -0.2) is 78.3 Å². The van der Waals surface area contributed by atoms with Gasteiger partial charge in [-0.15, -0.1) is 0 Å². The van der Waals surface area contributed by atoms with Crippen LogP contribution < -0.4 is 14.2 Å². The molecular weight excluding hydrogens is 504 g/mol. The summed E-state index contributed by atoms with van der Waals surface area (Å²) in [4.78, 5) is 35.4. The standard InChI is InChI=1S/C27H30N2O4.C2H2O4/c1-31-24-11-7-6-10-23(24)27(30)29-16-14-28(15-17-29)19-22-12-13-25(32-2)26(18-22)33-20-21-8-4-3-5-9-21;3-1(4)2(5)6/h3-13,18H,14-17,19-20H2,1-2H3;(H,3,4)(H,5,6). The van der Waals surface area contributed by atoms with E-state index >= 15 is 0 Å². The zero-order valence-electron chi connectivity index (χ0n) is 21.9. The molecule has 1 amide bonds. The third-order valence-electron chi connectivity index (χ3n) is 6.05. The zero-order valence-corrected chi connectivity index (χ0v) is 21.9. The van der Waals surface area contributed by atoms with Crippen LogP contribution in [0, 0.1) is 0 Å². The van der Waals surface area contributed by atoms with Gasteiger partial charge < -0.3 is 29.3 Å². The molecule has 10 heteroatoms. The topological polar surface area (TPSA) is 126 Å². The molecule has 1 aliphatic heterocycles. The van der Waals surface area contributed by atoms with E-state index in [2.05, 4.69) is 11.0 Å². The molecular formula is C29H32N2O8. The quantitative estimate of drug-likeness (QED) is 0.417. The maximum absolute atomic E-state index is 12.9. The Hall–Kier alpha value is -4.57. The minimum Gasteiger partial charge on any atom is -0.496 e. The number of nitrogens with zero attached hydrogens (tertiary/aromatic N) is 2. The number of hydrogen-bond acceptors (Lipinski definition) is 7. The predicted molar refractivity (Wildman–Crippen MR) is 143 cm³/mol. The van der Waals surface area contributed by atoms with Crippen molar-refractivity contribution in [3.8, 4) is 17.2 Å². The number of aliphatic carboxylic acids is 2. The Labute approximate surface area is 226 Å². The SMILES string of the molecule is COc1ccc(CN2CCN(C(=O)c3ccccc3OC)CC2)cc1OCc1ccccc1.O=C(O)C(=O)O. The van der Waals surface area contributed by atoms with E-state index in [1.54, 1.807) is 14.2 Å². The van der Waals surface area contributed by atoms with Crippen molar-refractivity contribution in [2.45, 2.75) is 13.2 Å². The Morgan fingerprint density at radius 1 is 0.718 bits per heavy atom. The first-order valence-electron chi connectivity index (χ1n) is 12.3. The third kappa shape index (κ3) is 8.47. The van der Waals surface area contributed by atoms with Crippen LogP contribution in [0.25, 0.3) is 0 Å². The highest BCUT2D eigenvalue weighted by Crippen LogP contribution is 2.29. The van der Waals surface area contributed by atoms with Crippen molar-refractivity contribution in [3.05, 3.63) is 89.5 Å². The highest BCUT2D eigenvalue weighted by Gasteiger charge is 2.24. The minimum absolute atomic E-state index is 0.0214. The van der Waals surface area contributed by atoms with E-state index in [1.165, 1.54) is 0 Å². The molecule has 3 aromatic rings. The lowest BCUT2D eigenvalue weighted by Gasteiger charge is -2.35. The molecule has 2 N–H and O–H groups in total. The number of carbonyl (C=O) groups is 3. The molecule has 10 nitrogen and oxygen atoms in total. The molecule has 1 saturated heterocycles. The molecule has 0 radical (unpaired) electrons. The van der Waals surface area contributed by atoms with E-state index in [9.17, 15) is 4.79 Å². The number of ether oxygens (including phenoxy) is 3. The van der Waals surface area contributed by atoms with Gasteiger partial charge in [0, 0.05) is 32.7 Å². The lowest BCUT2D eigenvalue weighted by Crippen LogP contribution is -2.48. The lowest BCUT2D eigenvalue weighted by molar-refractivity contribution is -0.159. The number of carbonyl (C=O) groups excluding carboxylic acids is 1. The normalized spacial score (nSPS) is 13.0. The molecule has 0 atom stereocenters. The van der Waals surface area contributed by atoms with Gasteiger partial charge in [-0.3, -0.25) is 9.69 Å². The number of hydrogen-bond donors (Lipinski definition) is 2. The number of para-hydroxylation sites is 1. The fraction of sp³-hybridized carbons (Fsp3) is 0.276. The fourth-order valence-electron chi connectivity index (χ4n) is 4.03. The van der Waals surface area contributed by atoms with Crippen molar-refractivity contribution in [1.29, 1.82) is 0 Å². The van der Waals surface area contributed by atoms with Gasteiger partial charge >= 0.3 is 11.9 Å². The Bertz CT molecular complexity index is 1250. The van der Waals surface area contributed by atoms with E-state index in [4.69, 9.17) is 34.0 Å². The van der Waals surface area contributed by atoms with Crippen molar-refractivity contribution in [3.63, 3.8) is 0 Å². The maximum Gasteiger partial charge on any atom is 0.414 e. The highest BCUT2D eigenvalue weighted by molar-refractivity contribution is 6.27. The molecule has 0 bridgehead atoms. The monoisotopic (exact) mass is 536 g/mol. The summed E-state index contributed by atoms with van der Waals surface area (Å²) < 4.78 is 16.9. The number of carboxylic acid groups (broad SMARTS) is 2. The molecule has 0 unspecified atom stereocenters. The number of piperazine rings is 1. The Morgan fingerprint density at radius 2 is 1.33 bits per heavy atom. The van der Waals surface area contributed by atoms with E-state index in [0.29, 0.717) is 31.0 Å². The summed E-state index contributed by atoms with van der Waals surface area (Å²) in [7, 11) is 3.25. The minimum atomic E-state index is -1.82. The molecule has 0 aromatic heterocycles. The molecule has 0 saturated carbocycles. The van der Waals surface area contributed by atoms with Crippen LogP contribution in [0.2, 0.25) is 0 Å². The van der Waals surface area contributed by atoms with Gasteiger partial charge in [0.05, 0.1) is 19.8 Å². The Kier molecular flexibility index (Phi) is 10.7. The van der Waals surface area contributed by atoms with Gasteiger partial charge in [-0.2, -0.15) is 0 Å². The van der Waals surface area contributed by atoms with Gasteiger partial charge in [-0.25, -0.2) is 9.59 Å². The number of methoxy groups -OCH3 is 2. The number of rotatable bonds is 8. The summed E-state index contributed by atoms with van der Waals surface area (Å²) in [6.45, 7) is 4.28. The highest BCUT2D eigenvalue weighted by atomic mass is 16.5. The van der Waals surface area contributed by atoms with Crippen molar-refractivity contribution in [2.24, 2.45) is 0 Å². The maximum atomic E-state index is 12.9. The third-order valence-corrected chi connectivity index (χ3v) is 6.05. The van der Waals surface area contributed by atoms with Crippen LogP contribution >= 0.6 is 0 Å². The molecule has 1 heterocycles. The number of benzene rings is 3. The summed E-state index contributed by atoms with van der Waals surface area (Å²) >= 11 is 0. The smallest absolute Gasteiger partial charge is 0.414 e. The van der Waals surface area contributed by atoms with Gasteiger partial charge in [-0.1, -0.05) is 48.5 Å². The second-order valence-electron chi connectivity index (χ2n) is 8.64. The molecule has 3 aromatic carbocycles. The summed E-state index contributed by atoms with van der Waals surface area (Å²) in [5.41, 5.74) is 2.88. The number of carboxylic acids is 2. The molecule has 1 aliphatic rings. The van der Waals surface area contributed by atoms with E-state index in [0.717, 1.165) is 42.3 Å². The van der Waals surface area contributed by atoms with Crippen molar-refractivity contribution >= 4 is 17.8 Å². The van der Waals surface area contributed by atoms with E-state index in [1.807, 2.05) is 71.6 Å². The van der Waals surface area contributed by atoms with Crippen molar-refractivity contribution < 1.29 is 38.8 Å². The van der Waals surface area contributed by atoms with Gasteiger partial charge in [0.15, 0.2) is 11.5 Å². The molecule has 4 rings (SSSR count). The van der Waals surface area contributed by atoms with Crippen LogP contribution in [0.1, 0.15) is 21.5 Å². The summed E-state index contributed by atoms with van der Waals surface area (Å²) in [6, 6.07) is 23.6.